The molecule has 120 valence electrons. The Morgan fingerprint density at radius 1 is 1.09 bits per heavy atom. The van der Waals surface area contributed by atoms with E-state index in [4.69, 9.17) is 5.26 Å². The van der Waals surface area contributed by atoms with Crippen molar-refractivity contribution in [2.75, 3.05) is 32.1 Å². The van der Waals surface area contributed by atoms with Crippen LogP contribution >= 0.6 is 0 Å². The van der Waals surface area contributed by atoms with E-state index in [0.29, 0.717) is 24.5 Å². The molecule has 0 atom stereocenters. The summed E-state index contributed by atoms with van der Waals surface area (Å²) in [6.07, 6.45) is 2.90. The molecule has 5 nitrogen and oxygen atoms in total. The number of halogens is 2. The summed E-state index contributed by atoms with van der Waals surface area (Å²) >= 11 is 0. The number of hydrogen-bond acceptors (Lipinski definition) is 5. The Kier molecular flexibility index (Phi) is 5.55. The molecule has 1 aromatic heterocycles. The minimum atomic E-state index is -0.874. The van der Waals surface area contributed by atoms with Crippen LogP contribution in [0, 0.1) is 23.0 Å². The fourth-order valence-corrected chi connectivity index (χ4v) is 2.00. The summed E-state index contributed by atoms with van der Waals surface area (Å²) < 4.78 is 26.4. The van der Waals surface area contributed by atoms with Gasteiger partial charge in [0.15, 0.2) is 17.3 Å². The average molecular weight is 317 g/mol. The van der Waals surface area contributed by atoms with Crippen LogP contribution in [0.1, 0.15) is 11.3 Å². The number of likely N-dealkylation sites (N-methyl/N-ethyl adjacent to an activating group) is 1. The molecular formula is C16H17F2N5. The maximum absolute atomic E-state index is 13.4. The van der Waals surface area contributed by atoms with Crippen molar-refractivity contribution in [3.05, 3.63) is 53.5 Å². The molecule has 1 aromatic carbocycles. The highest BCUT2D eigenvalue weighted by Crippen LogP contribution is 2.16. The summed E-state index contributed by atoms with van der Waals surface area (Å²) in [5, 5.41) is 8.79. The second kappa shape index (κ2) is 7.61. The Balaban J connectivity index is 2.21. The van der Waals surface area contributed by atoms with Crippen LogP contribution in [0.4, 0.5) is 14.6 Å². The summed E-state index contributed by atoms with van der Waals surface area (Å²) in [4.78, 5) is 12.1. The lowest BCUT2D eigenvalue weighted by atomic mass is 10.2. The lowest BCUT2D eigenvalue weighted by molar-refractivity contribution is 0.412. The maximum Gasteiger partial charge on any atom is 0.159 e. The molecule has 0 amide bonds. The van der Waals surface area contributed by atoms with E-state index >= 15 is 0 Å². The summed E-state index contributed by atoms with van der Waals surface area (Å²) in [6, 6.07) is 5.74. The molecule has 0 unspecified atom stereocenters. The van der Waals surface area contributed by atoms with Crippen LogP contribution in [0.3, 0.4) is 0 Å². The van der Waals surface area contributed by atoms with E-state index in [9.17, 15) is 8.78 Å². The third-order valence-corrected chi connectivity index (χ3v) is 3.25. The number of hydrogen-bond donors (Lipinski definition) is 0. The number of nitrogens with zero attached hydrogens (tertiary/aromatic N) is 5. The second-order valence-electron chi connectivity index (χ2n) is 5.34. The highest BCUT2D eigenvalue weighted by Gasteiger charge is 2.12. The molecule has 23 heavy (non-hydrogen) atoms. The number of aromatic nitrogens is 2. The minimum absolute atomic E-state index is 0.231. The van der Waals surface area contributed by atoms with Gasteiger partial charge in [0.2, 0.25) is 0 Å². The monoisotopic (exact) mass is 317 g/mol. The number of rotatable bonds is 6. The van der Waals surface area contributed by atoms with E-state index in [2.05, 4.69) is 9.97 Å². The topological polar surface area (TPSA) is 56.0 Å². The molecule has 0 aliphatic carbocycles. The Hall–Kier alpha value is -2.59. The Morgan fingerprint density at radius 3 is 2.43 bits per heavy atom. The Bertz CT molecular complexity index is 695. The fraction of sp³-hybridized carbons (Fsp3) is 0.312. The van der Waals surface area contributed by atoms with Crippen molar-refractivity contribution < 1.29 is 8.78 Å². The van der Waals surface area contributed by atoms with Gasteiger partial charge in [0.1, 0.15) is 11.9 Å². The van der Waals surface area contributed by atoms with Crippen molar-refractivity contribution in [1.29, 1.82) is 5.26 Å². The third-order valence-electron chi connectivity index (χ3n) is 3.25. The van der Waals surface area contributed by atoms with E-state index in [-0.39, 0.29) is 5.69 Å². The predicted molar refractivity (Wildman–Crippen MR) is 82.7 cm³/mol. The molecule has 2 rings (SSSR count). The quantitative estimate of drug-likeness (QED) is 0.817. The van der Waals surface area contributed by atoms with Crippen LogP contribution < -0.4 is 4.90 Å². The van der Waals surface area contributed by atoms with Gasteiger partial charge in [-0.3, -0.25) is 0 Å². The molecule has 0 radical (unpaired) electrons. The zero-order valence-corrected chi connectivity index (χ0v) is 13.0. The van der Waals surface area contributed by atoms with E-state index < -0.39 is 11.6 Å². The van der Waals surface area contributed by atoms with Crippen molar-refractivity contribution >= 4 is 5.82 Å². The molecule has 0 aliphatic heterocycles. The summed E-state index contributed by atoms with van der Waals surface area (Å²) in [7, 11) is 3.89. The number of benzene rings is 1. The third kappa shape index (κ3) is 4.69. The van der Waals surface area contributed by atoms with E-state index in [0.717, 1.165) is 12.6 Å². The molecule has 0 bridgehead atoms. The standard InChI is InChI=1S/C16H17F2N5/c1-22(2)5-6-23(16-10-20-13(8-19)9-21-16)11-12-3-4-14(17)15(18)7-12/h3-4,7,9-10H,5-6,11H2,1-2H3. The van der Waals surface area contributed by atoms with Crippen molar-refractivity contribution in [3.63, 3.8) is 0 Å². The highest BCUT2D eigenvalue weighted by atomic mass is 19.2. The van der Waals surface area contributed by atoms with Gasteiger partial charge in [-0.15, -0.1) is 0 Å². The molecule has 0 saturated carbocycles. The molecule has 7 heteroatoms. The van der Waals surface area contributed by atoms with Gasteiger partial charge in [-0.2, -0.15) is 5.26 Å². The summed E-state index contributed by atoms with van der Waals surface area (Å²) in [5.74, 6) is -1.16. The second-order valence-corrected chi connectivity index (χ2v) is 5.34. The zero-order valence-electron chi connectivity index (χ0n) is 13.0. The van der Waals surface area contributed by atoms with Gasteiger partial charge in [0.05, 0.1) is 12.4 Å². The average Bonchev–Trinajstić information content (AvgIpc) is 2.54. The molecule has 0 saturated heterocycles. The van der Waals surface area contributed by atoms with Crippen LogP contribution in [-0.4, -0.2) is 42.1 Å². The first-order valence-electron chi connectivity index (χ1n) is 7.05. The van der Waals surface area contributed by atoms with Crippen LogP contribution in [0.15, 0.2) is 30.6 Å². The van der Waals surface area contributed by atoms with E-state index in [1.165, 1.54) is 24.5 Å². The summed E-state index contributed by atoms with van der Waals surface area (Å²) in [6.45, 7) is 1.75. The van der Waals surface area contributed by atoms with Gasteiger partial charge in [0, 0.05) is 19.6 Å². The van der Waals surface area contributed by atoms with Crippen LogP contribution in [-0.2, 0) is 6.54 Å². The lowest BCUT2D eigenvalue weighted by Crippen LogP contribution is -2.32. The van der Waals surface area contributed by atoms with Crippen molar-refractivity contribution in [2.45, 2.75) is 6.54 Å². The van der Waals surface area contributed by atoms with Gasteiger partial charge in [-0.05, 0) is 31.8 Å². The molecule has 0 fully saturated rings. The predicted octanol–water partition coefficient (Wildman–Crippen LogP) is 2.19. The number of anilines is 1. The zero-order chi connectivity index (χ0) is 16.8. The van der Waals surface area contributed by atoms with Gasteiger partial charge in [-0.1, -0.05) is 6.07 Å². The Morgan fingerprint density at radius 2 is 1.87 bits per heavy atom. The van der Waals surface area contributed by atoms with Gasteiger partial charge in [0.25, 0.3) is 0 Å². The van der Waals surface area contributed by atoms with Gasteiger partial charge in [-0.25, -0.2) is 18.7 Å². The van der Waals surface area contributed by atoms with Crippen LogP contribution in [0.2, 0.25) is 0 Å². The smallest absolute Gasteiger partial charge is 0.159 e. The van der Waals surface area contributed by atoms with Gasteiger partial charge < -0.3 is 9.80 Å². The Labute approximate surface area is 133 Å². The number of nitriles is 1. The van der Waals surface area contributed by atoms with Crippen molar-refractivity contribution in [1.82, 2.24) is 14.9 Å². The normalized spacial score (nSPS) is 10.6. The largest absolute Gasteiger partial charge is 0.350 e. The van der Waals surface area contributed by atoms with Crippen LogP contribution in [0.25, 0.3) is 0 Å². The maximum atomic E-state index is 13.4. The van der Waals surface area contributed by atoms with Gasteiger partial charge >= 0.3 is 0 Å². The lowest BCUT2D eigenvalue weighted by Gasteiger charge is -2.25. The SMILES string of the molecule is CN(C)CCN(Cc1ccc(F)c(F)c1)c1cnc(C#N)cn1. The summed E-state index contributed by atoms with van der Waals surface area (Å²) in [5.41, 5.74) is 0.864. The molecule has 0 N–H and O–H groups in total. The first-order chi connectivity index (χ1) is 11.0. The minimum Gasteiger partial charge on any atom is -0.350 e. The van der Waals surface area contributed by atoms with Crippen molar-refractivity contribution in [2.24, 2.45) is 0 Å². The first-order valence-corrected chi connectivity index (χ1v) is 7.05. The van der Waals surface area contributed by atoms with Crippen molar-refractivity contribution in [3.8, 4) is 6.07 Å². The van der Waals surface area contributed by atoms with Crippen LogP contribution in [0.5, 0.6) is 0 Å². The van der Waals surface area contributed by atoms with E-state index in [1.807, 2.05) is 30.0 Å². The molecule has 1 heterocycles. The fourth-order valence-electron chi connectivity index (χ4n) is 2.00. The molecule has 0 spiro atoms. The molecular weight excluding hydrogens is 300 g/mol. The highest BCUT2D eigenvalue weighted by molar-refractivity contribution is 5.38. The van der Waals surface area contributed by atoms with E-state index in [1.54, 1.807) is 0 Å². The molecule has 2 aromatic rings. The first kappa shape index (κ1) is 16.8. The molecule has 0 aliphatic rings.